The first-order valence-electron chi connectivity index (χ1n) is 14.4. The lowest BCUT2D eigenvalue weighted by molar-refractivity contribution is -0.158. The van der Waals surface area contributed by atoms with E-state index in [0.717, 1.165) is 25.2 Å². The number of carboxylic acids is 2. The second-order valence-corrected chi connectivity index (χ2v) is 12.6. The number of hydrogen-bond acceptors (Lipinski definition) is 3. The molecular formula is C30H52O5. The van der Waals surface area contributed by atoms with Gasteiger partial charge in [0.2, 0.25) is 0 Å². The Hall–Kier alpha value is -1.39. The fraction of sp³-hybridized carbons (Fsp3) is 0.900. The number of aliphatic carboxylic acids is 2. The van der Waals surface area contributed by atoms with Gasteiger partial charge in [0.1, 0.15) is 5.78 Å². The molecule has 7 unspecified atom stereocenters. The Morgan fingerprint density at radius 1 is 0.971 bits per heavy atom. The number of fused-ring (bicyclic) bond motifs is 3. The average molecular weight is 493 g/mol. The molecule has 202 valence electrons. The van der Waals surface area contributed by atoms with Crippen LogP contribution in [-0.2, 0) is 14.4 Å². The summed E-state index contributed by atoms with van der Waals surface area (Å²) in [6.07, 6.45) is 8.85. The summed E-state index contributed by atoms with van der Waals surface area (Å²) in [5.74, 6) is 1.12. The molecule has 0 spiro atoms. The highest BCUT2D eigenvalue weighted by Gasteiger charge is 2.62. The maximum Gasteiger partial charge on any atom is 0.303 e. The fourth-order valence-electron chi connectivity index (χ4n) is 8.56. The molecule has 2 N–H and O–H groups in total. The summed E-state index contributed by atoms with van der Waals surface area (Å²) in [4.78, 5) is 36.4. The molecule has 5 nitrogen and oxygen atoms in total. The van der Waals surface area contributed by atoms with Crippen LogP contribution in [0.15, 0.2) is 0 Å². The monoisotopic (exact) mass is 492 g/mol. The minimum atomic E-state index is -0.856. The third-order valence-electron chi connectivity index (χ3n) is 10.3. The molecule has 0 aromatic carbocycles. The van der Waals surface area contributed by atoms with Crippen LogP contribution in [-0.4, -0.2) is 27.9 Å². The number of carbonyl (C=O) groups excluding carboxylic acids is 1. The van der Waals surface area contributed by atoms with Crippen molar-refractivity contribution in [2.75, 3.05) is 0 Å². The SMILES string of the molecule is CC.CC(C)CCCC(C)C1CCC2C3C(CC(=O)O)CC(=O)[C@](C)(CCC(=O)O)C3CCC12C. The van der Waals surface area contributed by atoms with E-state index in [9.17, 15) is 24.6 Å². The van der Waals surface area contributed by atoms with Crippen LogP contribution >= 0.6 is 0 Å². The molecule has 0 aromatic heterocycles. The van der Waals surface area contributed by atoms with E-state index in [0.29, 0.717) is 30.6 Å². The minimum Gasteiger partial charge on any atom is -0.481 e. The first-order chi connectivity index (χ1) is 16.4. The van der Waals surface area contributed by atoms with E-state index in [1.165, 1.54) is 25.7 Å². The summed E-state index contributed by atoms with van der Waals surface area (Å²) in [5.41, 5.74) is -0.441. The molecule has 0 bridgehead atoms. The van der Waals surface area contributed by atoms with Gasteiger partial charge in [0.15, 0.2) is 0 Å². The predicted molar refractivity (Wildman–Crippen MR) is 140 cm³/mol. The maximum absolute atomic E-state index is 13.3. The van der Waals surface area contributed by atoms with Gasteiger partial charge in [-0.15, -0.1) is 0 Å². The Morgan fingerprint density at radius 2 is 1.63 bits per heavy atom. The lowest BCUT2D eigenvalue weighted by Gasteiger charge is -2.58. The summed E-state index contributed by atoms with van der Waals surface area (Å²) in [5, 5.41) is 19.0. The lowest BCUT2D eigenvalue weighted by atomic mass is 9.45. The molecule has 0 saturated heterocycles. The average Bonchev–Trinajstić information content (AvgIpc) is 3.13. The van der Waals surface area contributed by atoms with Crippen LogP contribution < -0.4 is 0 Å². The van der Waals surface area contributed by atoms with Crippen LogP contribution in [0, 0.1) is 52.3 Å². The number of carbonyl (C=O) groups is 3. The first kappa shape index (κ1) is 29.8. The molecule has 0 radical (unpaired) electrons. The van der Waals surface area contributed by atoms with Gasteiger partial charge in [-0.1, -0.05) is 67.7 Å². The lowest BCUT2D eigenvalue weighted by Crippen LogP contribution is -2.56. The van der Waals surface area contributed by atoms with Gasteiger partial charge < -0.3 is 10.2 Å². The zero-order chi connectivity index (χ0) is 26.6. The number of ketones is 1. The van der Waals surface area contributed by atoms with Crippen LogP contribution in [0.25, 0.3) is 0 Å². The maximum atomic E-state index is 13.3. The zero-order valence-corrected chi connectivity index (χ0v) is 23.4. The molecule has 0 heterocycles. The van der Waals surface area contributed by atoms with Gasteiger partial charge in [-0.05, 0) is 78.9 Å². The summed E-state index contributed by atoms with van der Waals surface area (Å²) in [6, 6.07) is 0. The number of hydrogen-bond donors (Lipinski definition) is 2. The van der Waals surface area contributed by atoms with E-state index >= 15 is 0 Å². The molecule has 3 saturated carbocycles. The highest BCUT2D eigenvalue weighted by molar-refractivity contribution is 5.87. The fourth-order valence-corrected chi connectivity index (χ4v) is 8.56. The Labute approximate surface area is 213 Å². The van der Waals surface area contributed by atoms with Crippen molar-refractivity contribution in [3.63, 3.8) is 0 Å². The molecule has 0 aliphatic heterocycles. The van der Waals surface area contributed by atoms with Crippen LogP contribution in [0.2, 0.25) is 0 Å². The molecule has 35 heavy (non-hydrogen) atoms. The van der Waals surface area contributed by atoms with E-state index in [-0.39, 0.29) is 41.8 Å². The van der Waals surface area contributed by atoms with Crippen LogP contribution in [0.4, 0.5) is 0 Å². The largest absolute Gasteiger partial charge is 0.481 e. The Morgan fingerprint density at radius 3 is 2.20 bits per heavy atom. The van der Waals surface area contributed by atoms with E-state index in [1.54, 1.807) is 0 Å². The Bertz CT molecular complexity index is 745. The molecule has 3 rings (SSSR count). The van der Waals surface area contributed by atoms with Gasteiger partial charge in [-0.3, -0.25) is 14.4 Å². The first-order valence-corrected chi connectivity index (χ1v) is 14.4. The third kappa shape index (κ3) is 6.31. The molecule has 3 fully saturated rings. The standard InChI is InChI=1S/C28H46O5.C2H6/c1-17(2)7-6-8-18(3)20-9-10-21-26-19(16-25(32)33)15-23(29)28(5,14-12-24(30)31)22(26)11-13-27(20,21)4;1-2/h17-22,26H,6-16H2,1-5H3,(H,30,31)(H,32,33);1-2H3/t18?,19?,20?,21?,22?,26?,27?,28-;/m1./s1. The highest BCUT2D eigenvalue weighted by Crippen LogP contribution is 2.67. The number of rotatable bonds is 10. The summed E-state index contributed by atoms with van der Waals surface area (Å²) in [6.45, 7) is 15.4. The summed E-state index contributed by atoms with van der Waals surface area (Å²) >= 11 is 0. The molecule has 3 aliphatic carbocycles. The van der Waals surface area contributed by atoms with Crippen molar-refractivity contribution in [1.29, 1.82) is 0 Å². The second kappa shape index (κ2) is 12.2. The van der Waals surface area contributed by atoms with E-state index in [4.69, 9.17) is 0 Å². The van der Waals surface area contributed by atoms with Crippen LogP contribution in [0.1, 0.15) is 119 Å². The molecule has 8 atom stereocenters. The predicted octanol–water partition coefficient (Wildman–Crippen LogP) is 7.47. The van der Waals surface area contributed by atoms with Gasteiger partial charge in [0, 0.05) is 24.7 Å². The van der Waals surface area contributed by atoms with Crippen LogP contribution in [0.5, 0.6) is 0 Å². The Balaban J connectivity index is 0.00000210. The van der Waals surface area contributed by atoms with Gasteiger partial charge in [-0.2, -0.15) is 0 Å². The minimum absolute atomic E-state index is 0.00645. The van der Waals surface area contributed by atoms with E-state index in [2.05, 4.69) is 27.7 Å². The quantitative estimate of drug-likeness (QED) is 0.330. The molecule has 5 heteroatoms. The summed E-state index contributed by atoms with van der Waals surface area (Å²) in [7, 11) is 0. The van der Waals surface area contributed by atoms with Gasteiger partial charge >= 0.3 is 11.9 Å². The molecular weight excluding hydrogens is 440 g/mol. The Kier molecular flexibility index (Phi) is 10.4. The third-order valence-corrected chi connectivity index (χ3v) is 10.3. The van der Waals surface area contributed by atoms with Crippen molar-refractivity contribution in [2.24, 2.45) is 52.3 Å². The van der Waals surface area contributed by atoms with Crippen molar-refractivity contribution in [3.8, 4) is 0 Å². The molecule has 3 aliphatic rings. The van der Waals surface area contributed by atoms with Crippen molar-refractivity contribution in [1.82, 2.24) is 0 Å². The van der Waals surface area contributed by atoms with Crippen molar-refractivity contribution < 1.29 is 24.6 Å². The molecule has 0 amide bonds. The molecule has 0 aromatic rings. The number of carboxylic acid groups (broad SMARTS) is 2. The van der Waals surface area contributed by atoms with Gasteiger partial charge in [-0.25, -0.2) is 0 Å². The van der Waals surface area contributed by atoms with Crippen molar-refractivity contribution >= 4 is 17.7 Å². The van der Waals surface area contributed by atoms with Crippen LogP contribution in [0.3, 0.4) is 0 Å². The highest BCUT2D eigenvalue weighted by atomic mass is 16.4. The van der Waals surface area contributed by atoms with E-state index in [1.807, 2.05) is 20.8 Å². The van der Waals surface area contributed by atoms with Crippen molar-refractivity contribution in [2.45, 2.75) is 119 Å². The normalized spacial score (nSPS) is 37.1. The van der Waals surface area contributed by atoms with Crippen molar-refractivity contribution in [3.05, 3.63) is 0 Å². The van der Waals surface area contributed by atoms with Gasteiger partial charge in [0.05, 0.1) is 0 Å². The van der Waals surface area contributed by atoms with Gasteiger partial charge in [0.25, 0.3) is 0 Å². The summed E-state index contributed by atoms with van der Waals surface area (Å²) < 4.78 is 0. The smallest absolute Gasteiger partial charge is 0.303 e. The van der Waals surface area contributed by atoms with E-state index < -0.39 is 17.4 Å². The zero-order valence-electron chi connectivity index (χ0n) is 23.4. The second-order valence-electron chi connectivity index (χ2n) is 12.6. The number of Topliss-reactive ketones (excluding diaryl/α,β-unsaturated/α-hetero) is 1. The topological polar surface area (TPSA) is 91.7 Å².